The molecule has 3 aromatic carbocycles. The average Bonchev–Trinajstić information content (AvgIpc) is 1.61. The monoisotopic (exact) mass is 1240 g/mol. The molecule has 10 N–H and O–H groups in total. The van der Waals surface area contributed by atoms with Crippen LogP contribution in [-0.2, 0) is 60.8 Å². The van der Waals surface area contributed by atoms with E-state index in [2.05, 4.69) is 46.9 Å². The molecule has 7 rings (SSSR count). The molecule has 2 atom stereocenters. The summed E-state index contributed by atoms with van der Waals surface area (Å²) in [6, 6.07) is 20.2. The zero-order chi connectivity index (χ0) is 64.4. The second-order valence-corrected chi connectivity index (χ2v) is 20.7. The van der Waals surface area contributed by atoms with Crippen molar-refractivity contribution in [1.29, 1.82) is 0 Å². The Morgan fingerprint density at radius 3 is 2.17 bits per heavy atom. The molecule has 4 heterocycles. The van der Waals surface area contributed by atoms with Crippen LogP contribution in [0.2, 0.25) is 0 Å². The van der Waals surface area contributed by atoms with Crippen molar-refractivity contribution in [3.05, 3.63) is 132 Å². The number of carboxylic acids is 1. The van der Waals surface area contributed by atoms with Crippen LogP contribution >= 0.6 is 0 Å². The Bertz CT molecular complexity index is 3470. The molecule has 478 valence electrons. The summed E-state index contributed by atoms with van der Waals surface area (Å²) in [5.41, 5.74) is 10.1. The van der Waals surface area contributed by atoms with Crippen LogP contribution in [0.3, 0.4) is 0 Å². The Labute approximate surface area is 517 Å². The number of carbonyl (C=O) groups excluding carboxylic acids is 7. The van der Waals surface area contributed by atoms with E-state index < -0.39 is 53.7 Å². The van der Waals surface area contributed by atoms with Crippen molar-refractivity contribution < 1.29 is 76.3 Å². The lowest BCUT2D eigenvalue weighted by Crippen LogP contribution is -2.54. The van der Waals surface area contributed by atoms with Crippen LogP contribution in [0.1, 0.15) is 60.5 Å². The van der Waals surface area contributed by atoms with Gasteiger partial charge in [-0.25, -0.2) is 23.8 Å². The number of pyridine rings is 2. The van der Waals surface area contributed by atoms with Crippen LogP contribution in [0, 0.1) is 18.7 Å². The molecule has 3 aromatic heterocycles. The number of benzene rings is 3. The molecule has 0 saturated carbocycles. The molecule has 1 aliphatic rings. The molecular formula is C62H73FN12O15. The number of fused-ring (bicyclic) bond motifs is 1. The number of imide groups is 1. The van der Waals surface area contributed by atoms with E-state index in [1.165, 1.54) is 24.3 Å². The number of H-pyrrole nitrogens is 1. The molecule has 0 aliphatic carbocycles. The average molecular weight is 1250 g/mol. The number of imidazole rings is 1. The van der Waals surface area contributed by atoms with Gasteiger partial charge in [0, 0.05) is 47.4 Å². The zero-order valence-corrected chi connectivity index (χ0v) is 50.0. The number of carboxylic acid groups (broad SMARTS) is 1. The predicted molar refractivity (Wildman–Crippen MR) is 326 cm³/mol. The first-order chi connectivity index (χ1) is 43.4. The fraction of sp³-hybridized carbons (Fsp3) is 0.371. The molecule has 6 aromatic rings. The van der Waals surface area contributed by atoms with Crippen LogP contribution in [0.15, 0.2) is 103 Å². The van der Waals surface area contributed by atoms with Crippen molar-refractivity contribution in [2.75, 3.05) is 89.7 Å². The summed E-state index contributed by atoms with van der Waals surface area (Å²) in [5.74, 6) is -3.62. The van der Waals surface area contributed by atoms with Gasteiger partial charge in [0.2, 0.25) is 17.7 Å². The highest BCUT2D eigenvalue weighted by Crippen LogP contribution is 2.32. The Morgan fingerprint density at radius 2 is 1.48 bits per heavy atom. The van der Waals surface area contributed by atoms with Crippen LogP contribution in [0.25, 0.3) is 33.5 Å². The molecule has 28 heteroatoms. The van der Waals surface area contributed by atoms with Gasteiger partial charge in [0.05, 0.1) is 107 Å². The predicted octanol–water partition coefficient (Wildman–Crippen LogP) is 5.14. The molecule has 8 amide bonds. The van der Waals surface area contributed by atoms with E-state index in [1.54, 1.807) is 50.4 Å². The minimum Gasteiger partial charge on any atom is -0.490 e. The number of nitrogens with one attached hydrogen (secondary N) is 7. The third kappa shape index (κ3) is 21.5. The van der Waals surface area contributed by atoms with E-state index in [9.17, 15) is 47.9 Å². The number of hydrogen-bond donors (Lipinski definition) is 9. The number of nitrogens with zero attached hydrogens (tertiary/aromatic N) is 4. The number of primary amides is 1. The minimum absolute atomic E-state index is 0.00677. The standard InChI is InChI=1S/C62H73FN12O15/c1-38(2)55(74-52(76)19-23-85-26-28-87-30-31-88-29-27-86-25-22-75-53(77)17-18-54(75)78)59(80)71-49(8-5-20-65-61(64)83)58(79)70-44-13-9-40(10-14-44)37-90-62(84)66-21-24-89-45-33-43-32-41(12-16-47(43)67-35-45)56-57(48-7-4-6-39(3)69-48)73-51(72-56)36-68-50-34-42(60(81)82)11-15-46(50)63/h4,6-7,9-18,32-35,38,49,55,68H,5,8,19-31,36-37H2,1-3H3,(H,66,84)(H,70,79)(H,71,80)(H,72,73)(H,74,76)(H,81,82)(H3,64,65,83). The van der Waals surface area contributed by atoms with Crippen LogP contribution in [0.4, 0.5) is 25.4 Å². The molecule has 0 spiro atoms. The number of carbonyl (C=O) groups is 8. The normalized spacial score (nSPS) is 12.6. The van der Waals surface area contributed by atoms with Gasteiger partial charge in [-0.2, -0.15) is 0 Å². The van der Waals surface area contributed by atoms with E-state index in [4.69, 9.17) is 39.1 Å². The number of hydrogen-bond acceptors (Lipinski definition) is 18. The molecule has 2 unspecified atom stereocenters. The van der Waals surface area contributed by atoms with Gasteiger partial charge in [-0.15, -0.1) is 0 Å². The van der Waals surface area contributed by atoms with Crippen LogP contribution in [0.5, 0.6) is 5.75 Å². The number of aromatic amines is 1. The van der Waals surface area contributed by atoms with Gasteiger partial charge in [0.15, 0.2) is 0 Å². The van der Waals surface area contributed by atoms with Crippen molar-refractivity contribution in [3.8, 4) is 28.4 Å². The fourth-order valence-electron chi connectivity index (χ4n) is 8.89. The second-order valence-electron chi connectivity index (χ2n) is 20.7. The van der Waals surface area contributed by atoms with E-state index in [0.717, 1.165) is 27.6 Å². The first-order valence-corrected chi connectivity index (χ1v) is 29.0. The lowest BCUT2D eigenvalue weighted by Gasteiger charge is -2.25. The minimum atomic E-state index is -1.19. The summed E-state index contributed by atoms with van der Waals surface area (Å²) in [6.07, 6.45) is 3.63. The molecule has 90 heavy (non-hydrogen) atoms. The largest absolute Gasteiger partial charge is 0.490 e. The number of nitrogens with two attached hydrogens (primary N) is 1. The first-order valence-electron chi connectivity index (χ1n) is 29.0. The quantitative estimate of drug-likeness (QED) is 0.0180. The summed E-state index contributed by atoms with van der Waals surface area (Å²) < 4.78 is 47.9. The highest BCUT2D eigenvalue weighted by Gasteiger charge is 2.29. The number of alkyl carbamates (subject to hydrolysis) is 1. The lowest BCUT2D eigenvalue weighted by atomic mass is 10.0. The smallest absolute Gasteiger partial charge is 0.407 e. The van der Waals surface area contributed by atoms with E-state index in [-0.39, 0.29) is 121 Å². The highest BCUT2D eigenvalue weighted by molar-refractivity contribution is 6.12. The molecular weight excluding hydrogens is 1170 g/mol. The highest BCUT2D eigenvalue weighted by atomic mass is 19.1. The van der Waals surface area contributed by atoms with Crippen molar-refractivity contribution in [1.82, 2.24) is 46.1 Å². The van der Waals surface area contributed by atoms with Crippen LogP contribution < -0.4 is 42.4 Å². The summed E-state index contributed by atoms with van der Waals surface area (Å²) >= 11 is 0. The maximum absolute atomic E-state index is 14.7. The molecule has 0 radical (unpaired) electrons. The van der Waals surface area contributed by atoms with Crippen molar-refractivity contribution in [3.63, 3.8) is 0 Å². The Morgan fingerprint density at radius 1 is 0.767 bits per heavy atom. The van der Waals surface area contributed by atoms with Gasteiger partial charge < -0.3 is 76.1 Å². The molecule has 0 fully saturated rings. The second kappa shape index (κ2) is 34.6. The summed E-state index contributed by atoms with van der Waals surface area (Å²) in [7, 11) is 0. The number of aryl methyl sites for hydroxylation is 1. The maximum Gasteiger partial charge on any atom is 0.407 e. The van der Waals surface area contributed by atoms with Gasteiger partial charge >= 0.3 is 18.1 Å². The third-order valence-corrected chi connectivity index (χ3v) is 13.5. The van der Waals surface area contributed by atoms with Gasteiger partial charge in [0.1, 0.15) is 48.4 Å². The van der Waals surface area contributed by atoms with E-state index in [1.807, 2.05) is 43.3 Å². The third-order valence-electron chi connectivity index (χ3n) is 13.5. The number of aromatic carboxylic acids is 1. The summed E-state index contributed by atoms with van der Waals surface area (Å²) in [5, 5.41) is 26.5. The number of aromatic nitrogens is 4. The fourth-order valence-corrected chi connectivity index (χ4v) is 8.89. The van der Waals surface area contributed by atoms with E-state index in [0.29, 0.717) is 65.2 Å². The van der Waals surface area contributed by atoms with Gasteiger partial charge in [-0.1, -0.05) is 38.1 Å². The van der Waals surface area contributed by atoms with E-state index >= 15 is 0 Å². The van der Waals surface area contributed by atoms with Gasteiger partial charge in [-0.3, -0.25) is 38.8 Å². The molecule has 27 nitrogen and oxygen atoms in total. The maximum atomic E-state index is 14.7. The SMILES string of the molecule is Cc1cccc(-c2nc(CNc3cc(C(=O)O)ccc3F)[nH]c2-c2ccc3ncc(OCCNC(=O)OCc4ccc(NC(=O)C(CCCNC(N)=O)NC(=O)C(NC(=O)CCOCCOCCOCCOCCN5C(=O)C=CC5=O)C(C)C)cc4)cc3c2)n1. The zero-order valence-electron chi connectivity index (χ0n) is 50.0. The molecule has 1 aliphatic heterocycles. The first kappa shape index (κ1) is 67.6. The van der Waals surface area contributed by atoms with Gasteiger partial charge in [-0.05, 0) is 91.9 Å². The van der Waals surface area contributed by atoms with Crippen molar-refractivity contribution in [2.24, 2.45) is 11.7 Å². The van der Waals surface area contributed by atoms with Crippen LogP contribution in [-0.4, -0.2) is 169 Å². The number of amides is 8. The van der Waals surface area contributed by atoms with Crippen molar-refractivity contribution in [2.45, 2.75) is 65.3 Å². The molecule has 0 saturated heterocycles. The Kier molecular flexibility index (Phi) is 26.0. The lowest BCUT2D eigenvalue weighted by molar-refractivity contribution is -0.137. The number of anilines is 2. The summed E-state index contributed by atoms with van der Waals surface area (Å²) in [4.78, 5) is 117. The number of urea groups is 1. The van der Waals surface area contributed by atoms with Crippen molar-refractivity contribution >= 4 is 69.9 Å². The molecule has 0 bridgehead atoms. The van der Waals surface area contributed by atoms with Gasteiger partial charge in [0.25, 0.3) is 11.8 Å². The topological polar surface area (TPSA) is 368 Å². The number of halogens is 1. The summed E-state index contributed by atoms with van der Waals surface area (Å²) in [6.45, 7) is 7.65. The number of ether oxygens (including phenoxy) is 6. The Balaban J connectivity index is 0.815. The number of rotatable bonds is 37. The Hall–Kier alpha value is -9.90.